The largest absolute Gasteiger partial charge is 0.479 e. The third-order valence-electron chi connectivity index (χ3n) is 6.03. The van der Waals surface area contributed by atoms with Gasteiger partial charge in [-0.2, -0.15) is 0 Å². The monoisotopic (exact) mass is 355 g/mol. The molecular weight excluding hydrogens is 322 g/mol. The lowest BCUT2D eigenvalue weighted by atomic mass is 9.54. The van der Waals surface area contributed by atoms with Crippen LogP contribution in [-0.2, 0) is 19.1 Å². The number of carbonyl (C=O) groups is 2. The number of carboxylic acids is 1. The van der Waals surface area contributed by atoms with Gasteiger partial charge < -0.3 is 19.9 Å². The normalized spacial score (nSPS) is 30.8. The van der Waals surface area contributed by atoms with Gasteiger partial charge in [-0.05, 0) is 26.7 Å². The van der Waals surface area contributed by atoms with Crippen LogP contribution in [0.3, 0.4) is 0 Å². The fourth-order valence-corrected chi connectivity index (χ4v) is 4.08. The zero-order valence-electron chi connectivity index (χ0n) is 16.0. The van der Waals surface area contributed by atoms with Crippen molar-refractivity contribution in [2.75, 3.05) is 6.61 Å². The highest BCUT2D eigenvalue weighted by Gasteiger charge is 2.66. The summed E-state index contributed by atoms with van der Waals surface area (Å²) in [5, 5.41) is 12.6. The van der Waals surface area contributed by atoms with Crippen LogP contribution in [0.1, 0.15) is 72.6 Å². The van der Waals surface area contributed by atoms with Gasteiger partial charge in [-0.1, -0.05) is 39.5 Å². The van der Waals surface area contributed by atoms with E-state index in [1.807, 2.05) is 20.8 Å². The van der Waals surface area contributed by atoms with E-state index in [0.29, 0.717) is 6.61 Å². The minimum atomic E-state index is -1.30. The summed E-state index contributed by atoms with van der Waals surface area (Å²) in [6.07, 6.45) is 6.18. The predicted octanol–water partition coefficient (Wildman–Crippen LogP) is 2.89. The fraction of sp³-hybridized carbons (Fsp3) is 0.895. The van der Waals surface area contributed by atoms with Crippen molar-refractivity contribution in [3.63, 3.8) is 0 Å². The maximum atomic E-state index is 12.6. The number of amides is 1. The first kappa shape index (κ1) is 20.2. The first-order valence-electron chi connectivity index (χ1n) is 9.57. The SMILES string of the molecule is CCOC1CC(NC(=O)C(C)OC2CCCCCC2)(C(=O)O)C1(C)C. The smallest absolute Gasteiger partial charge is 0.330 e. The maximum Gasteiger partial charge on any atom is 0.330 e. The Bertz CT molecular complexity index is 484. The number of ether oxygens (including phenoxy) is 2. The molecule has 0 spiro atoms. The zero-order chi connectivity index (χ0) is 18.7. The summed E-state index contributed by atoms with van der Waals surface area (Å²) in [6.45, 7) is 7.79. The lowest BCUT2D eigenvalue weighted by Gasteiger charge is -2.58. The summed E-state index contributed by atoms with van der Waals surface area (Å²) in [7, 11) is 0. The molecule has 0 aliphatic heterocycles. The minimum Gasteiger partial charge on any atom is -0.479 e. The van der Waals surface area contributed by atoms with Crippen molar-refractivity contribution in [1.82, 2.24) is 5.32 Å². The van der Waals surface area contributed by atoms with Crippen molar-refractivity contribution in [3.8, 4) is 0 Å². The third kappa shape index (κ3) is 4.00. The highest BCUT2D eigenvalue weighted by Crippen LogP contribution is 2.51. The number of aliphatic carboxylic acids is 1. The van der Waals surface area contributed by atoms with Gasteiger partial charge in [0.05, 0.1) is 12.2 Å². The summed E-state index contributed by atoms with van der Waals surface area (Å²) in [5.41, 5.74) is -1.97. The molecule has 3 atom stereocenters. The highest BCUT2D eigenvalue weighted by molar-refractivity contribution is 5.91. The van der Waals surface area contributed by atoms with Crippen LogP contribution < -0.4 is 5.32 Å². The molecule has 144 valence electrons. The van der Waals surface area contributed by atoms with Gasteiger partial charge in [-0.3, -0.25) is 4.79 Å². The van der Waals surface area contributed by atoms with Gasteiger partial charge in [-0.25, -0.2) is 4.79 Å². The first-order chi connectivity index (χ1) is 11.7. The zero-order valence-corrected chi connectivity index (χ0v) is 16.0. The lowest BCUT2D eigenvalue weighted by molar-refractivity contribution is -0.196. The molecule has 0 heterocycles. The fourth-order valence-electron chi connectivity index (χ4n) is 4.08. The van der Waals surface area contributed by atoms with E-state index in [1.54, 1.807) is 6.92 Å². The van der Waals surface area contributed by atoms with Gasteiger partial charge in [0.25, 0.3) is 0 Å². The van der Waals surface area contributed by atoms with E-state index >= 15 is 0 Å². The second-order valence-electron chi connectivity index (χ2n) is 7.96. The summed E-state index contributed by atoms with van der Waals surface area (Å²) in [5.74, 6) is -1.36. The molecule has 2 aliphatic rings. The minimum absolute atomic E-state index is 0.0922. The molecule has 0 aromatic carbocycles. The Balaban J connectivity index is 1.99. The van der Waals surface area contributed by atoms with Crippen molar-refractivity contribution < 1.29 is 24.2 Å². The molecule has 2 saturated carbocycles. The Morgan fingerprint density at radius 3 is 2.28 bits per heavy atom. The molecule has 0 radical (unpaired) electrons. The quantitative estimate of drug-likeness (QED) is 0.686. The Morgan fingerprint density at radius 1 is 1.20 bits per heavy atom. The van der Waals surface area contributed by atoms with E-state index in [9.17, 15) is 14.7 Å². The van der Waals surface area contributed by atoms with Crippen LogP contribution in [0.2, 0.25) is 0 Å². The molecule has 6 heteroatoms. The van der Waals surface area contributed by atoms with Gasteiger partial charge in [0, 0.05) is 18.4 Å². The molecule has 6 nitrogen and oxygen atoms in total. The third-order valence-corrected chi connectivity index (χ3v) is 6.03. The number of carbonyl (C=O) groups excluding carboxylic acids is 1. The Morgan fingerprint density at radius 2 is 1.80 bits per heavy atom. The molecule has 0 aromatic rings. The van der Waals surface area contributed by atoms with Gasteiger partial charge in [0.15, 0.2) is 0 Å². The lowest BCUT2D eigenvalue weighted by Crippen LogP contribution is -2.76. The molecule has 25 heavy (non-hydrogen) atoms. The van der Waals surface area contributed by atoms with Crippen LogP contribution in [0.4, 0.5) is 0 Å². The second-order valence-corrected chi connectivity index (χ2v) is 7.96. The molecule has 2 rings (SSSR count). The van der Waals surface area contributed by atoms with Crippen LogP contribution in [0, 0.1) is 5.41 Å². The second kappa shape index (κ2) is 8.04. The maximum absolute atomic E-state index is 12.6. The topological polar surface area (TPSA) is 84.9 Å². The van der Waals surface area contributed by atoms with E-state index in [1.165, 1.54) is 12.8 Å². The van der Waals surface area contributed by atoms with Crippen LogP contribution in [0.15, 0.2) is 0 Å². The molecule has 2 N–H and O–H groups in total. The van der Waals surface area contributed by atoms with Crippen molar-refractivity contribution in [2.45, 2.75) is 96.5 Å². The number of hydrogen-bond donors (Lipinski definition) is 2. The van der Waals surface area contributed by atoms with E-state index < -0.39 is 23.0 Å². The van der Waals surface area contributed by atoms with Crippen molar-refractivity contribution in [3.05, 3.63) is 0 Å². The average Bonchev–Trinajstić information content (AvgIpc) is 2.81. The number of rotatable bonds is 7. The molecule has 0 saturated heterocycles. The predicted molar refractivity (Wildman–Crippen MR) is 94.4 cm³/mol. The summed E-state index contributed by atoms with van der Waals surface area (Å²) in [4.78, 5) is 24.6. The van der Waals surface area contributed by atoms with E-state index in [-0.39, 0.29) is 24.5 Å². The number of hydrogen-bond acceptors (Lipinski definition) is 4. The van der Waals surface area contributed by atoms with Crippen molar-refractivity contribution >= 4 is 11.9 Å². The molecule has 2 aliphatic carbocycles. The molecular formula is C19H33NO5. The Kier molecular flexibility index (Phi) is 6.49. The van der Waals surface area contributed by atoms with Crippen LogP contribution >= 0.6 is 0 Å². The van der Waals surface area contributed by atoms with E-state index in [2.05, 4.69) is 5.32 Å². The Hall–Kier alpha value is -1.14. The summed E-state index contributed by atoms with van der Waals surface area (Å²) < 4.78 is 11.6. The molecule has 0 aromatic heterocycles. The molecule has 1 amide bonds. The van der Waals surface area contributed by atoms with Crippen LogP contribution in [0.25, 0.3) is 0 Å². The van der Waals surface area contributed by atoms with Gasteiger partial charge in [-0.15, -0.1) is 0 Å². The van der Waals surface area contributed by atoms with Crippen LogP contribution in [0.5, 0.6) is 0 Å². The molecule has 2 fully saturated rings. The average molecular weight is 355 g/mol. The van der Waals surface area contributed by atoms with Gasteiger partial charge in [0.2, 0.25) is 5.91 Å². The Labute approximate surface area is 150 Å². The van der Waals surface area contributed by atoms with Crippen molar-refractivity contribution in [2.24, 2.45) is 5.41 Å². The standard InChI is InChI=1S/C19H33NO5/c1-5-24-15-12-19(17(22)23,18(15,3)4)20-16(21)13(2)25-14-10-8-6-7-9-11-14/h13-15H,5-12H2,1-4H3,(H,20,21)(H,22,23). The number of carboxylic acid groups (broad SMARTS) is 1. The van der Waals surface area contributed by atoms with E-state index in [0.717, 1.165) is 25.7 Å². The van der Waals surface area contributed by atoms with Crippen molar-refractivity contribution in [1.29, 1.82) is 0 Å². The summed E-state index contributed by atoms with van der Waals surface area (Å²) >= 11 is 0. The molecule has 3 unspecified atom stereocenters. The highest BCUT2D eigenvalue weighted by atomic mass is 16.5. The van der Waals surface area contributed by atoms with Crippen LogP contribution in [-0.4, -0.2) is 47.4 Å². The molecule has 0 bridgehead atoms. The first-order valence-corrected chi connectivity index (χ1v) is 9.57. The van der Waals surface area contributed by atoms with Gasteiger partial charge >= 0.3 is 5.97 Å². The number of nitrogens with one attached hydrogen (secondary N) is 1. The van der Waals surface area contributed by atoms with E-state index in [4.69, 9.17) is 9.47 Å². The summed E-state index contributed by atoms with van der Waals surface area (Å²) in [6, 6.07) is 0. The van der Waals surface area contributed by atoms with Gasteiger partial charge in [0.1, 0.15) is 11.6 Å².